The van der Waals surface area contributed by atoms with Gasteiger partial charge in [-0.3, -0.25) is 0 Å². The topological polar surface area (TPSA) is 46.2 Å². The maximum absolute atomic E-state index is 9.69. The van der Waals surface area contributed by atoms with Gasteiger partial charge in [-0.1, -0.05) is 33.1 Å². The SMILES string of the molecule is CCCCC(O)C(CN)CCC. The van der Waals surface area contributed by atoms with E-state index in [1.807, 2.05) is 0 Å². The van der Waals surface area contributed by atoms with Gasteiger partial charge in [-0.2, -0.15) is 0 Å². The summed E-state index contributed by atoms with van der Waals surface area (Å²) in [4.78, 5) is 0. The summed E-state index contributed by atoms with van der Waals surface area (Å²) < 4.78 is 0. The fourth-order valence-corrected chi connectivity index (χ4v) is 1.49. The lowest BCUT2D eigenvalue weighted by molar-refractivity contribution is 0.0951. The van der Waals surface area contributed by atoms with Crippen LogP contribution in [0.2, 0.25) is 0 Å². The van der Waals surface area contributed by atoms with Crippen molar-refractivity contribution in [2.24, 2.45) is 11.7 Å². The summed E-state index contributed by atoms with van der Waals surface area (Å²) in [5.74, 6) is 0.321. The van der Waals surface area contributed by atoms with Gasteiger partial charge in [-0.25, -0.2) is 0 Å². The van der Waals surface area contributed by atoms with Crippen LogP contribution in [-0.2, 0) is 0 Å². The zero-order chi connectivity index (χ0) is 9.40. The van der Waals surface area contributed by atoms with Crippen molar-refractivity contribution in [3.8, 4) is 0 Å². The van der Waals surface area contributed by atoms with Gasteiger partial charge in [0, 0.05) is 0 Å². The number of aliphatic hydroxyl groups excluding tert-OH is 1. The van der Waals surface area contributed by atoms with Gasteiger partial charge in [-0.15, -0.1) is 0 Å². The van der Waals surface area contributed by atoms with Crippen LogP contribution in [0.4, 0.5) is 0 Å². The van der Waals surface area contributed by atoms with Crippen molar-refractivity contribution in [1.82, 2.24) is 0 Å². The summed E-state index contributed by atoms with van der Waals surface area (Å²) in [6, 6.07) is 0. The second-order valence-corrected chi connectivity index (χ2v) is 3.49. The van der Waals surface area contributed by atoms with E-state index < -0.39 is 0 Å². The first kappa shape index (κ1) is 11.9. The Labute approximate surface area is 76.2 Å². The molecule has 0 amide bonds. The maximum atomic E-state index is 9.69. The predicted molar refractivity (Wildman–Crippen MR) is 53.0 cm³/mol. The van der Waals surface area contributed by atoms with Crippen molar-refractivity contribution < 1.29 is 5.11 Å². The number of hydrogen-bond donors (Lipinski definition) is 2. The van der Waals surface area contributed by atoms with Crippen LogP contribution in [0.15, 0.2) is 0 Å². The first-order valence-corrected chi connectivity index (χ1v) is 5.14. The lowest BCUT2D eigenvalue weighted by Crippen LogP contribution is -2.27. The lowest BCUT2D eigenvalue weighted by Gasteiger charge is -2.20. The Bertz CT molecular complexity index is 95.8. The van der Waals surface area contributed by atoms with Crippen LogP contribution in [0.25, 0.3) is 0 Å². The molecule has 0 fully saturated rings. The molecule has 12 heavy (non-hydrogen) atoms. The standard InChI is InChI=1S/C10H23NO/c1-3-5-7-10(12)9(8-11)6-4-2/h9-10,12H,3-8,11H2,1-2H3. The smallest absolute Gasteiger partial charge is 0.0580 e. The molecule has 0 spiro atoms. The van der Waals surface area contributed by atoms with Gasteiger partial charge in [0.05, 0.1) is 6.10 Å². The minimum atomic E-state index is -0.171. The van der Waals surface area contributed by atoms with E-state index in [0.717, 1.165) is 32.1 Å². The zero-order valence-corrected chi connectivity index (χ0v) is 8.42. The van der Waals surface area contributed by atoms with E-state index in [-0.39, 0.29) is 6.10 Å². The van der Waals surface area contributed by atoms with Crippen molar-refractivity contribution >= 4 is 0 Å². The van der Waals surface area contributed by atoms with Crippen molar-refractivity contribution in [3.05, 3.63) is 0 Å². The van der Waals surface area contributed by atoms with E-state index in [1.165, 1.54) is 0 Å². The number of hydrogen-bond acceptors (Lipinski definition) is 2. The molecule has 2 atom stereocenters. The fourth-order valence-electron chi connectivity index (χ4n) is 1.49. The minimum Gasteiger partial charge on any atom is -0.393 e. The molecular weight excluding hydrogens is 150 g/mol. The Morgan fingerprint density at radius 1 is 1.17 bits per heavy atom. The molecule has 0 heterocycles. The first-order valence-electron chi connectivity index (χ1n) is 5.14. The Balaban J connectivity index is 3.60. The number of aliphatic hydroxyl groups is 1. The molecule has 0 aromatic rings. The summed E-state index contributed by atoms with van der Waals surface area (Å²) in [5, 5.41) is 9.69. The van der Waals surface area contributed by atoms with Crippen molar-refractivity contribution in [2.75, 3.05) is 6.54 Å². The van der Waals surface area contributed by atoms with Crippen molar-refractivity contribution in [2.45, 2.75) is 52.1 Å². The van der Waals surface area contributed by atoms with Gasteiger partial charge in [0.2, 0.25) is 0 Å². The highest BCUT2D eigenvalue weighted by atomic mass is 16.3. The van der Waals surface area contributed by atoms with Crippen LogP contribution < -0.4 is 5.73 Å². The summed E-state index contributed by atoms with van der Waals surface area (Å²) in [6.45, 7) is 4.90. The second kappa shape index (κ2) is 7.56. The molecule has 0 aliphatic carbocycles. The number of rotatable bonds is 7. The lowest BCUT2D eigenvalue weighted by atomic mass is 9.94. The third-order valence-electron chi connectivity index (χ3n) is 2.36. The third-order valence-corrected chi connectivity index (χ3v) is 2.36. The van der Waals surface area contributed by atoms with Gasteiger partial charge >= 0.3 is 0 Å². The molecular formula is C10H23NO. The molecule has 3 N–H and O–H groups in total. The molecule has 74 valence electrons. The molecule has 0 aliphatic rings. The largest absolute Gasteiger partial charge is 0.393 e. The Morgan fingerprint density at radius 3 is 2.25 bits per heavy atom. The van der Waals surface area contributed by atoms with E-state index >= 15 is 0 Å². The summed E-state index contributed by atoms with van der Waals surface area (Å²) in [6.07, 6.45) is 5.18. The monoisotopic (exact) mass is 173 g/mol. The highest BCUT2D eigenvalue weighted by molar-refractivity contribution is 4.69. The first-order chi connectivity index (χ1) is 5.76. The average Bonchev–Trinajstić information content (AvgIpc) is 2.10. The fraction of sp³-hybridized carbons (Fsp3) is 1.00. The van der Waals surface area contributed by atoms with E-state index in [2.05, 4.69) is 13.8 Å². The quantitative estimate of drug-likeness (QED) is 0.618. The molecule has 2 unspecified atom stereocenters. The second-order valence-electron chi connectivity index (χ2n) is 3.49. The van der Waals surface area contributed by atoms with E-state index in [0.29, 0.717) is 12.5 Å². The van der Waals surface area contributed by atoms with Gasteiger partial charge in [0.1, 0.15) is 0 Å². The minimum absolute atomic E-state index is 0.171. The third kappa shape index (κ3) is 4.73. The number of unbranched alkanes of at least 4 members (excludes halogenated alkanes) is 1. The van der Waals surface area contributed by atoms with Crippen LogP contribution in [0.1, 0.15) is 46.0 Å². The van der Waals surface area contributed by atoms with Crippen LogP contribution in [0.5, 0.6) is 0 Å². The molecule has 0 aliphatic heterocycles. The molecule has 0 saturated carbocycles. The highest BCUT2D eigenvalue weighted by Crippen LogP contribution is 2.14. The summed E-state index contributed by atoms with van der Waals surface area (Å²) in [5.41, 5.74) is 5.57. The molecule has 2 heteroatoms. The van der Waals surface area contributed by atoms with E-state index in [4.69, 9.17) is 5.73 Å². The molecule has 0 bridgehead atoms. The van der Waals surface area contributed by atoms with Gasteiger partial charge in [0.15, 0.2) is 0 Å². The van der Waals surface area contributed by atoms with E-state index in [9.17, 15) is 5.11 Å². The molecule has 0 aromatic carbocycles. The molecule has 0 aromatic heterocycles. The van der Waals surface area contributed by atoms with Crippen molar-refractivity contribution in [1.29, 1.82) is 0 Å². The van der Waals surface area contributed by atoms with Crippen LogP contribution in [-0.4, -0.2) is 17.8 Å². The van der Waals surface area contributed by atoms with Crippen LogP contribution in [0, 0.1) is 5.92 Å². The van der Waals surface area contributed by atoms with E-state index in [1.54, 1.807) is 0 Å². The Kier molecular flexibility index (Phi) is 7.51. The normalized spacial score (nSPS) is 16.0. The zero-order valence-electron chi connectivity index (χ0n) is 8.42. The van der Waals surface area contributed by atoms with Gasteiger partial charge in [-0.05, 0) is 25.3 Å². The summed E-state index contributed by atoms with van der Waals surface area (Å²) >= 11 is 0. The average molecular weight is 173 g/mol. The predicted octanol–water partition coefficient (Wildman–Crippen LogP) is 1.91. The maximum Gasteiger partial charge on any atom is 0.0580 e. The number of nitrogens with two attached hydrogens (primary N) is 1. The Morgan fingerprint density at radius 2 is 1.83 bits per heavy atom. The van der Waals surface area contributed by atoms with Gasteiger partial charge < -0.3 is 10.8 Å². The highest BCUT2D eigenvalue weighted by Gasteiger charge is 2.15. The molecule has 0 radical (unpaired) electrons. The molecule has 0 rings (SSSR count). The van der Waals surface area contributed by atoms with Gasteiger partial charge in [0.25, 0.3) is 0 Å². The van der Waals surface area contributed by atoms with Crippen molar-refractivity contribution in [3.63, 3.8) is 0 Å². The van der Waals surface area contributed by atoms with Crippen LogP contribution >= 0.6 is 0 Å². The summed E-state index contributed by atoms with van der Waals surface area (Å²) in [7, 11) is 0. The Hall–Kier alpha value is -0.0800. The van der Waals surface area contributed by atoms with Crippen LogP contribution in [0.3, 0.4) is 0 Å². The molecule has 0 saturated heterocycles. The molecule has 2 nitrogen and oxygen atoms in total.